The summed E-state index contributed by atoms with van der Waals surface area (Å²) in [5.74, 6) is 0.200. The molecular weight excluding hydrogens is 414 g/mol. The molecule has 0 aliphatic carbocycles. The zero-order valence-corrected chi connectivity index (χ0v) is 18.6. The Labute approximate surface area is 187 Å². The molecule has 9 heteroatoms. The van der Waals surface area contributed by atoms with Gasteiger partial charge in [0.15, 0.2) is 0 Å². The highest BCUT2D eigenvalue weighted by molar-refractivity contribution is 5.98. The summed E-state index contributed by atoms with van der Waals surface area (Å²) in [6.45, 7) is 0.403. The van der Waals surface area contributed by atoms with Crippen molar-refractivity contribution in [1.29, 1.82) is 0 Å². The van der Waals surface area contributed by atoms with E-state index in [0.717, 1.165) is 0 Å². The molecular formula is C23H29N3O6. The van der Waals surface area contributed by atoms with Crippen molar-refractivity contribution in [3.8, 4) is 11.5 Å². The van der Waals surface area contributed by atoms with Crippen molar-refractivity contribution in [3.63, 3.8) is 0 Å². The molecule has 0 fully saturated rings. The molecule has 0 saturated heterocycles. The Hall–Kier alpha value is -3.59. The number of ether oxygens (including phenoxy) is 3. The number of rotatable bonds is 12. The second kappa shape index (κ2) is 13.0. The number of nitrogens with one attached hydrogen (secondary N) is 2. The number of hydrogen-bond acceptors (Lipinski definition) is 6. The van der Waals surface area contributed by atoms with Crippen LogP contribution >= 0.6 is 0 Å². The van der Waals surface area contributed by atoms with E-state index >= 15 is 0 Å². The van der Waals surface area contributed by atoms with Crippen molar-refractivity contribution in [1.82, 2.24) is 10.2 Å². The number of carbonyl (C=O) groups excluding carboxylic acids is 3. The molecule has 2 N–H and O–H groups in total. The lowest BCUT2D eigenvalue weighted by atomic mass is 10.2. The molecule has 0 spiro atoms. The van der Waals surface area contributed by atoms with Crippen LogP contribution < -0.4 is 20.1 Å². The van der Waals surface area contributed by atoms with Gasteiger partial charge < -0.3 is 29.7 Å². The van der Waals surface area contributed by atoms with E-state index in [1.807, 2.05) is 0 Å². The minimum absolute atomic E-state index is 0.176. The van der Waals surface area contributed by atoms with Gasteiger partial charge in [-0.25, -0.2) is 0 Å². The van der Waals surface area contributed by atoms with Crippen LogP contribution in [0, 0.1) is 0 Å². The third-order valence-corrected chi connectivity index (χ3v) is 4.56. The van der Waals surface area contributed by atoms with Crippen LogP contribution in [0.4, 0.5) is 5.69 Å². The Morgan fingerprint density at radius 3 is 2.00 bits per heavy atom. The van der Waals surface area contributed by atoms with Crippen molar-refractivity contribution in [3.05, 3.63) is 54.1 Å². The molecule has 0 radical (unpaired) electrons. The highest BCUT2D eigenvalue weighted by Crippen LogP contribution is 2.15. The minimum atomic E-state index is -0.436. The molecule has 3 amide bonds. The summed E-state index contributed by atoms with van der Waals surface area (Å²) in [5.41, 5.74) is 1.02. The summed E-state index contributed by atoms with van der Waals surface area (Å²) in [6.07, 6.45) is 0.573. The van der Waals surface area contributed by atoms with Crippen LogP contribution in [0.5, 0.6) is 11.5 Å². The molecule has 9 nitrogen and oxygen atoms in total. The van der Waals surface area contributed by atoms with Crippen LogP contribution in [0.15, 0.2) is 48.5 Å². The largest absolute Gasteiger partial charge is 0.497 e. The summed E-state index contributed by atoms with van der Waals surface area (Å²) in [7, 11) is 4.67. The summed E-state index contributed by atoms with van der Waals surface area (Å²) in [4.78, 5) is 38.8. The van der Waals surface area contributed by atoms with Gasteiger partial charge in [-0.15, -0.1) is 0 Å². The van der Waals surface area contributed by atoms with Gasteiger partial charge in [-0.3, -0.25) is 14.4 Å². The molecule has 32 heavy (non-hydrogen) atoms. The average molecular weight is 444 g/mol. The zero-order valence-electron chi connectivity index (χ0n) is 18.6. The molecule has 172 valence electrons. The number of benzene rings is 2. The molecule has 2 aromatic carbocycles. The average Bonchev–Trinajstić information content (AvgIpc) is 2.82. The summed E-state index contributed by atoms with van der Waals surface area (Å²) in [5, 5.41) is 5.23. The minimum Gasteiger partial charge on any atom is -0.497 e. The van der Waals surface area contributed by atoms with Crippen LogP contribution in [0.25, 0.3) is 0 Å². The molecule has 0 aliphatic heterocycles. The number of methoxy groups -OCH3 is 3. The van der Waals surface area contributed by atoms with Crippen molar-refractivity contribution in [2.45, 2.75) is 6.42 Å². The van der Waals surface area contributed by atoms with Crippen LogP contribution in [-0.2, 0) is 14.3 Å². The fourth-order valence-electron chi connectivity index (χ4n) is 2.86. The first-order chi connectivity index (χ1) is 15.5. The van der Waals surface area contributed by atoms with E-state index in [1.54, 1.807) is 69.9 Å². The third kappa shape index (κ3) is 7.92. The van der Waals surface area contributed by atoms with E-state index in [1.165, 1.54) is 4.90 Å². The van der Waals surface area contributed by atoms with Crippen LogP contribution in [0.2, 0.25) is 0 Å². The Kier molecular flexibility index (Phi) is 9.99. The Balaban J connectivity index is 1.91. The van der Waals surface area contributed by atoms with Crippen molar-refractivity contribution >= 4 is 23.4 Å². The molecule has 2 rings (SSSR count). The van der Waals surface area contributed by atoms with Gasteiger partial charge in [0.25, 0.3) is 5.91 Å². The quantitative estimate of drug-likeness (QED) is 0.486. The fraction of sp³-hybridized carbons (Fsp3) is 0.348. The van der Waals surface area contributed by atoms with Gasteiger partial charge in [0.05, 0.1) is 27.3 Å². The van der Waals surface area contributed by atoms with E-state index < -0.39 is 5.91 Å². The van der Waals surface area contributed by atoms with Gasteiger partial charge in [0.2, 0.25) is 11.8 Å². The highest BCUT2D eigenvalue weighted by atomic mass is 16.5. The van der Waals surface area contributed by atoms with Gasteiger partial charge >= 0.3 is 0 Å². The fourth-order valence-corrected chi connectivity index (χ4v) is 2.86. The molecule has 0 saturated carbocycles. The topological polar surface area (TPSA) is 106 Å². The second-order valence-corrected chi connectivity index (χ2v) is 6.85. The maximum Gasteiger partial charge on any atom is 0.254 e. The molecule has 2 aromatic rings. The van der Waals surface area contributed by atoms with Gasteiger partial charge in [-0.2, -0.15) is 0 Å². The van der Waals surface area contributed by atoms with E-state index in [4.69, 9.17) is 14.2 Å². The SMILES string of the molecule is COCCCN(CC(=O)NCC(=O)Nc1ccc(OC)cc1)C(=O)c1ccc(OC)cc1. The lowest BCUT2D eigenvalue weighted by Gasteiger charge is -2.22. The lowest BCUT2D eigenvalue weighted by molar-refractivity contribution is -0.124. The van der Waals surface area contributed by atoms with Crippen LogP contribution in [-0.4, -0.2) is 70.2 Å². The first-order valence-corrected chi connectivity index (χ1v) is 10.1. The van der Waals surface area contributed by atoms with Crippen molar-refractivity contribution < 1.29 is 28.6 Å². The summed E-state index contributed by atoms with van der Waals surface area (Å²) < 4.78 is 15.2. The molecule has 0 heterocycles. The Bertz CT molecular complexity index is 884. The predicted octanol–water partition coefficient (Wildman–Crippen LogP) is 1.94. The number of anilines is 1. The number of carbonyl (C=O) groups is 3. The zero-order chi connectivity index (χ0) is 23.3. The van der Waals surface area contributed by atoms with E-state index in [2.05, 4.69) is 10.6 Å². The summed E-state index contributed by atoms with van der Waals surface area (Å²) >= 11 is 0. The Morgan fingerprint density at radius 1 is 0.844 bits per heavy atom. The first-order valence-electron chi connectivity index (χ1n) is 10.1. The van der Waals surface area contributed by atoms with E-state index in [-0.39, 0.29) is 24.9 Å². The Morgan fingerprint density at radius 2 is 1.44 bits per heavy atom. The molecule has 0 atom stereocenters. The monoisotopic (exact) mass is 443 g/mol. The van der Waals surface area contributed by atoms with E-state index in [9.17, 15) is 14.4 Å². The molecule has 0 aromatic heterocycles. The molecule has 0 aliphatic rings. The summed E-state index contributed by atoms with van der Waals surface area (Å²) in [6, 6.07) is 13.5. The predicted molar refractivity (Wildman–Crippen MR) is 120 cm³/mol. The first kappa shape index (κ1) is 24.7. The number of amides is 3. The number of nitrogens with zero attached hydrogens (tertiary/aromatic N) is 1. The maximum absolute atomic E-state index is 12.9. The van der Waals surface area contributed by atoms with Crippen molar-refractivity contribution in [2.75, 3.05) is 52.9 Å². The number of hydrogen-bond donors (Lipinski definition) is 2. The normalized spacial score (nSPS) is 10.2. The van der Waals surface area contributed by atoms with Crippen LogP contribution in [0.3, 0.4) is 0 Å². The lowest BCUT2D eigenvalue weighted by Crippen LogP contribution is -2.43. The molecule has 0 bridgehead atoms. The third-order valence-electron chi connectivity index (χ3n) is 4.56. The van der Waals surface area contributed by atoms with E-state index in [0.29, 0.717) is 42.3 Å². The van der Waals surface area contributed by atoms with Crippen molar-refractivity contribution in [2.24, 2.45) is 0 Å². The second-order valence-electron chi connectivity index (χ2n) is 6.85. The van der Waals surface area contributed by atoms with Gasteiger partial charge in [-0.05, 0) is 55.0 Å². The highest BCUT2D eigenvalue weighted by Gasteiger charge is 2.19. The molecule has 0 unspecified atom stereocenters. The van der Waals surface area contributed by atoms with Gasteiger partial charge in [0.1, 0.15) is 11.5 Å². The standard InChI is InChI=1S/C23H29N3O6/c1-30-14-4-13-26(23(29)17-5-9-19(31-2)10-6-17)16-22(28)24-15-21(27)25-18-7-11-20(32-3)12-8-18/h5-12H,4,13-16H2,1-3H3,(H,24,28)(H,25,27). The van der Waals surface area contributed by atoms with Gasteiger partial charge in [0, 0.05) is 31.5 Å². The smallest absolute Gasteiger partial charge is 0.254 e. The van der Waals surface area contributed by atoms with Crippen LogP contribution in [0.1, 0.15) is 16.8 Å². The van der Waals surface area contributed by atoms with Gasteiger partial charge in [-0.1, -0.05) is 0 Å². The maximum atomic E-state index is 12.9.